The Morgan fingerprint density at radius 3 is 2.46 bits per heavy atom. The van der Waals surface area contributed by atoms with E-state index in [1.165, 1.54) is 6.07 Å². The van der Waals surface area contributed by atoms with Gasteiger partial charge in [0.2, 0.25) is 5.95 Å². The molecule has 0 saturated carbocycles. The lowest BCUT2D eigenvalue weighted by molar-refractivity contribution is 0.292. The average molecular weight is 357 g/mol. The van der Waals surface area contributed by atoms with Crippen LogP contribution in [0.15, 0.2) is 48.7 Å². The van der Waals surface area contributed by atoms with Crippen molar-refractivity contribution in [2.24, 2.45) is 0 Å². The van der Waals surface area contributed by atoms with E-state index in [1.807, 2.05) is 6.07 Å². The molecule has 0 saturated heterocycles. The lowest BCUT2D eigenvalue weighted by atomic mass is 10.2. The van der Waals surface area contributed by atoms with Crippen molar-refractivity contribution < 1.29 is 13.9 Å². The third kappa shape index (κ3) is 4.28. The second-order valence-corrected chi connectivity index (χ2v) is 5.40. The predicted octanol–water partition coefficient (Wildman–Crippen LogP) is 3.35. The lowest BCUT2D eigenvalue weighted by Crippen LogP contribution is -2.09. The Kier molecular flexibility index (Phi) is 5.65. The van der Waals surface area contributed by atoms with Crippen LogP contribution in [0.5, 0.6) is 0 Å². The van der Waals surface area contributed by atoms with Crippen molar-refractivity contribution >= 4 is 17.5 Å². The molecule has 2 heterocycles. The van der Waals surface area contributed by atoms with Gasteiger partial charge in [-0.3, -0.25) is 4.98 Å². The molecule has 3 N–H and O–H groups in total. The summed E-state index contributed by atoms with van der Waals surface area (Å²) in [6.45, 7) is 0.480. The molecule has 1 aromatic carbocycles. The van der Waals surface area contributed by atoms with Crippen molar-refractivity contribution in [1.82, 2.24) is 15.0 Å². The zero-order chi connectivity index (χ0) is 18.4. The number of para-hydroxylation sites is 1. The maximum atomic E-state index is 13.9. The number of nitrogens with zero attached hydrogens (tertiary/aromatic N) is 3. The van der Waals surface area contributed by atoms with Gasteiger partial charge in [-0.25, -0.2) is 13.8 Å². The molecule has 0 amide bonds. The summed E-state index contributed by atoms with van der Waals surface area (Å²) in [4.78, 5) is 12.8. The third-order valence-electron chi connectivity index (χ3n) is 3.49. The fourth-order valence-electron chi connectivity index (χ4n) is 2.26. The van der Waals surface area contributed by atoms with Gasteiger partial charge in [-0.05, 0) is 30.7 Å². The molecule has 3 rings (SSSR count). The highest BCUT2D eigenvalue weighted by Gasteiger charge is 2.12. The minimum atomic E-state index is -0.724. The van der Waals surface area contributed by atoms with Gasteiger partial charge in [0, 0.05) is 25.4 Å². The number of pyridine rings is 1. The molecule has 0 fully saturated rings. The molecule has 8 heteroatoms. The number of benzene rings is 1. The van der Waals surface area contributed by atoms with Crippen LogP contribution in [0.25, 0.3) is 11.4 Å². The van der Waals surface area contributed by atoms with E-state index in [2.05, 4.69) is 25.6 Å². The quantitative estimate of drug-likeness (QED) is 0.563. The van der Waals surface area contributed by atoms with Crippen LogP contribution < -0.4 is 10.6 Å². The Labute approximate surface area is 149 Å². The highest BCUT2D eigenvalue weighted by molar-refractivity contribution is 5.65. The van der Waals surface area contributed by atoms with Crippen LogP contribution in [-0.4, -0.2) is 33.2 Å². The molecule has 0 bridgehead atoms. The number of nitrogens with one attached hydrogen (secondary N) is 2. The Morgan fingerprint density at radius 2 is 1.77 bits per heavy atom. The Hall–Kier alpha value is -3.13. The maximum Gasteiger partial charge on any atom is 0.225 e. The first-order valence-electron chi connectivity index (χ1n) is 8.03. The van der Waals surface area contributed by atoms with Gasteiger partial charge in [0.15, 0.2) is 0 Å². The largest absolute Gasteiger partial charge is 0.396 e. The molecule has 3 aromatic rings. The number of aliphatic hydroxyl groups is 1. The number of aromatic nitrogens is 3. The number of rotatable bonds is 7. The predicted molar refractivity (Wildman–Crippen MR) is 95.1 cm³/mol. The third-order valence-corrected chi connectivity index (χ3v) is 3.49. The van der Waals surface area contributed by atoms with Crippen molar-refractivity contribution in [3.63, 3.8) is 0 Å². The van der Waals surface area contributed by atoms with Crippen molar-refractivity contribution in [2.75, 3.05) is 23.8 Å². The molecule has 0 aliphatic carbocycles. The zero-order valence-corrected chi connectivity index (χ0v) is 13.8. The van der Waals surface area contributed by atoms with Crippen LogP contribution in [0.4, 0.5) is 26.2 Å². The molecule has 6 nitrogen and oxygen atoms in total. The molecule has 0 unspecified atom stereocenters. The summed E-state index contributed by atoms with van der Waals surface area (Å²) in [7, 11) is 0. The molecular formula is C18H17F2N5O. The molecular weight excluding hydrogens is 340 g/mol. The molecule has 0 spiro atoms. The first-order chi connectivity index (χ1) is 12.7. The van der Waals surface area contributed by atoms with Gasteiger partial charge in [0.05, 0.1) is 11.4 Å². The van der Waals surface area contributed by atoms with Crippen LogP contribution in [0, 0.1) is 11.6 Å². The van der Waals surface area contributed by atoms with Crippen LogP contribution in [0.3, 0.4) is 0 Å². The van der Waals surface area contributed by atoms with Crippen molar-refractivity contribution in [2.45, 2.75) is 6.42 Å². The van der Waals surface area contributed by atoms with Crippen LogP contribution >= 0.6 is 0 Å². The van der Waals surface area contributed by atoms with Gasteiger partial charge in [0.25, 0.3) is 0 Å². The number of hydrogen-bond donors (Lipinski definition) is 3. The zero-order valence-electron chi connectivity index (χ0n) is 13.8. The Bertz CT molecular complexity index is 856. The van der Waals surface area contributed by atoms with Gasteiger partial charge in [-0.2, -0.15) is 4.98 Å². The fourth-order valence-corrected chi connectivity index (χ4v) is 2.26. The summed E-state index contributed by atoms with van der Waals surface area (Å²) < 4.78 is 27.8. The summed E-state index contributed by atoms with van der Waals surface area (Å²) in [5.41, 5.74) is 0.794. The van der Waals surface area contributed by atoms with E-state index in [9.17, 15) is 8.78 Å². The summed E-state index contributed by atoms with van der Waals surface area (Å²) >= 11 is 0. The summed E-state index contributed by atoms with van der Waals surface area (Å²) in [6, 6.07) is 10.5. The topological polar surface area (TPSA) is 83.0 Å². The highest BCUT2D eigenvalue weighted by Crippen LogP contribution is 2.25. The highest BCUT2D eigenvalue weighted by atomic mass is 19.1. The molecule has 0 atom stereocenters. The van der Waals surface area contributed by atoms with E-state index in [1.54, 1.807) is 24.4 Å². The summed E-state index contributed by atoms with van der Waals surface area (Å²) in [6.07, 6.45) is 2.14. The second-order valence-electron chi connectivity index (χ2n) is 5.40. The minimum absolute atomic E-state index is 0.0263. The van der Waals surface area contributed by atoms with Gasteiger partial charge < -0.3 is 15.7 Å². The van der Waals surface area contributed by atoms with Gasteiger partial charge in [0.1, 0.15) is 23.1 Å². The van der Waals surface area contributed by atoms with Crippen LogP contribution in [0.1, 0.15) is 6.42 Å². The van der Waals surface area contributed by atoms with Crippen LogP contribution in [0.2, 0.25) is 0 Å². The van der Waals surface area contributed by atoms with E-state index >= 15 is 0 Å². The SMILES string of the molecule is OCCCNc1nc(Nc2c(F)cccc2F)cc(-c2ccccn2)n1. The number of halogens is 2. The monoisotopic (exact) mass is 357 g/mol. The molecule has 0 radical (unpaired) electrons. The Balaban J connectivity index is 1.96. The second kappa shape index (κ2) is 8.30. The smallest absolute Gasteiger partial charge is 0.225 e. The average Bonchev–Trinajstić information content (AvgIpc) is 2.66. The van der Waals surface area contributed by atoms with Crippen LogP contribution in [-0.2, 0) is 0 Å². The standard InChI is InChI=1S/C18H17F2N5O/c19-12-5-3-6-13(20)17(12)24-16-11-15(14-7-1-2-8-21-14)23-18(25-16)22-9-4-10-26/h1-3,5-8,11,26H,4,9-10H2,(H2,22,23,24,25). The molecule has 134 valence electrons. The number of anilines is 3. The molecule has 0 aliphatic rings. The van der Waals surface area contributed by atoms with E-state index in [0.717, 1.165) is 12.1 Å². The van der Waals surface area contributed by atoms with Gasteiger partial charge >= 0.3 is 0 Å². The van der Waals surface area contributed by atoms with E-state index in [4.69, 9.17) is 5.11 Å². The van der Waals surface area contributed by atoms with Gasteiger partial charge in [-0.1, -0.05) is 12.1 Å². The molecule has 0 aliphatic heterocycles. The fraction of sp³-hybridized carbons (Fsp3) is 0.167. The molecule has 2 aromatic heterocycles. The Morgan fingerprint density at radius 1 is 0.962 bits per heavy atom. The first kappa shape index (κ1) is 17.7. The van der Waals surface area contributed by atoms with Crippen molar-refractivity contribution in [3.05, 3.63) is 60.3 Å². The lowest BCUT2D eigenvalue weighted by Gasteiger charge is -2.12. The maximum absolute atomic E-state index is 13.9. The van der Waals surface area contributed by atoms with E-state index < -0.39 is 11.6 Å². The van der Waals surface area contributed by atoms with Gasteiger partial charge in [-0.15, -0.1) is 0 Å². The normalized spacial score (nSPS) is 10.6. The summed E-state index contributed by atoms with van der Waals surface area (Å²) in [5.74, 6) is -0.965. The van der Waals surface area contributed by atoms with E-state index in [-0.39, 0.29) is 24.1 Å². The van der Waals surface area contributed by atoms with Crippen molar-refractivity contribution in [3.8, 4) is 11.4 Å². The first-order valence-corrected chi connectivity index (χ1v) is 8.03. The van der Waals surface area contributed by atoms with Crippen molar-refractivity contribution in [1.29, 1.82) is 0 Å². The minimum Gasteiger partial charge on any atom is -0.396 e. The summed E-state index contributed by atoms with van der Waals surface area (Å²) in [5, 5.41) is 14.5. The molecule has 26 heavy (non-hydrogen) atoms. The number of hydrogen-bond acceptors (Lipinski definition) is 6. The van der Waals surface area contributed by atoms with E-state index in [0.29, 0.717) is 24.4 Å². The number of aliphatic hydroxyl groups excluding tert-OH is 1.